The van der Waals surface area contributed by atoms with Crippen molar-refractivity contribution in [1.82, 2.24) is 10.3 Å². The number of aryl methyl sites for hydroxylation is 3. The second-order valence-corrected chi connectivity index (χ2v) is 7.15. The molecule has 1 saturated heterocycles. The van der Waals surface area contributed by atoms with Gasteiger partial charge in [0.05, 0.1) is 5.69 Å². The molecule has 2 N–H and O–H groups in total. The summed E-state index contributed by atoms with van der Waals surface area (Å²) in [5.74, 6) is -0.257. The van der Waals surface area contributed by atoms with Crippen molar-refractivity contribution < 1.29 is 9.59 Å². The van der Waals surface area contributed by atoms with E-state index < -0.39 is 6.04 Å². The van der Waals surface area contributed by atoms with E-state index in [1.165, 1.54) is 28.0 Å². The first kappa shape index (κ1) is 16.6. The highest BCUT2D eigenvalue weighted by atomic mass is 32.1. The maximum Gasteiger partial charge on any atom is 0.248 e. The summed E-state index contributed by atoms with van der Waals surface area (Å²) in [5, 5.41) is 8.06. The molecule has 2 amide bonds. The standard InChI is InChI=1S/C18H21N3O2S/c1-10-7-12(3)13(8-11(10)2)15-9-24-18(20-15)21-17(23)14-5-4-6-16(22)19-14/h7-9,14H,4-6H2,1-3H3,(H,19,22)(H,20,21,23)/t14-/m1/s1. The van der Waals surface area contributed by atoms with Crippen molar-refractivity contribution in [2.24, 2.45) is 0 Å². The molecule has 5 nitrogen and oxygen atoms in total. The van der Waals surface area contributed by atoms with Crippen LogP contribution in [0.25, 0.3) is 11.3 Å². The second-order valence-electron chi connectivity index (χ2n) is 6.29. The summed E-state index contributed by atoms with van der Waals surface area (Å²) in [6, 6.07) is 3.83. The van der Waals surface area contributed by atoms with Crippen LogP contribution in [-0.2, 0) is 9.59 Å². The van der Waals surface area contributed by atoms with Gasteiger partial charge in [-0.25, -0.2) is 4.98 Å². The van der Waals surface area contributed by atoms with E-state index in [9.17, 15) is 9.59 Å². The van der Waals surface area contributed by atoms with Gasteiger partial charge in [-0.3, -0.25) is 9.59 Å². The largest absolute Gasteiger partial charge is 0.344 e. The highest BCUT2D eigenvalue weighted by Crippen LogP contribution is 2.29. The Morgan fingerprint density at radius 1 is 1.25 bits per heavy atom. The van der Waals surface area contributed by atoms with Crippen LogP contribution in [0.1, 0.15) is 36.0 Å². The normalized spacial score (nSPS) is 17.5. The first-order valence-corrected chi connectivity index (χ1v) is 8.96. The Morgan fingerprint density at radius 3 is 2.75 bits per heavy atom. The summed E-state index contributed by atoms with van der Waals surface area (Å²) < 4.78 is 0. The lowest BCUT2D eigenvalue weighted by molar-refractivity contribution is -0.128. The molecule has 6 heteroatoms. The number of piperidine rings is 1. The van der Waals surface area contributed by atoms with Crippen LogP contribution in [0.5, 0.6) is 0 Å². The highest BCUT2D eigenvalue weighted by molar-refractivity contribution is 7.14. The Kier molecular flexibility index (Phi) is 4.66. The van der Waals surface area contributed by atoms with Crippen molar-refractivity contribution in [2.45, 2.75) is 46.1 Å². The van der Waals surface area contributed by atoms with Crippen LogP contribution in [0, 0.1) is 20.8 Å². The fourth-order valence-electron chi connectivity index (χ4n) is 2.89. The molecule has 0 aliphatic carbocycles. The van der Waals surface area contributed by atoms with Gasteiger partial charge in [-0.15, -0.1) is 11.3 Å². The van der Waals surface area contributed by atoms with Crippen molar-refractivity contribution in [2.75, 3.05) is 5.32 Å². The van der Waals surface area contributed by atoms with E-state index in [0.29, 0.717) is 18.0 Å². The van der Waals surface area contributed by atoms with Crippen molar-refractivity contribution in [3.05, 3.63) is 34.2 Å². The number of anilines is 1. The van der Waals surface area contributed by atoms with Crippen molar-refractivity contribution in [3.63, 3.8) is 0 Å². The number of amides is 2. The Hall–Kier alpha value is -2.21. The Morgan fingerprint density at radius 2 is 2.00 bits per heavy atom. The second kappa shape index (κ2) is 6.73. The number of thiazole rings is 1. The van der Waals surface area contributed by atoms with Gasteiger partial charge in [-0.2, -0.15) is 0 Å². The fraction of sp³-hybridized carbons (Fsp3) is 0.389. The number of carbonyl (C=O) groups is 2. The van der Waals surface area contributed by atoms with E-state index in [-0.39, 0.29) is 11.8 Å². The summed E-state index contributed by atoms with van der Waals surface area (Å²) in [4.78, 5) is 28.2. The van der Waals surface area contributed by atoms with Crippen molar-refractivity contribution in [3.8, 4) is 11.3 Å². The summed E-state index contributed by atoms with van der Waals surface area (Å²) in [6.45, 7) is 6.24. The smallest absolute Gasteiger partial charge is 0.248 e. The number of aromatic nitrogens is 1. The molecule has 2 aromatic rings. The summed E-state index contributed by atoms with van der Waals surface area (Å²) >= 11 is 1.40. The van der Waals surface area contributed by atoms with Gasteiger partial charge >= 0.3 is 0 Å². The van der Waals surface area contributed by atoms with Crippen molar-refractivity contribution in [1.29, 1.82) is 0 Å². The Labute approximate surface area is 145 Å². The molecular formula is C18H21N3O2S. The van der Waals surface area contributed by atoms with E-state index in [1.807, 2.05) is 5.38 Å². The molecule has 0 spiro atoms. The molecule has 1 aliphatic heterocycles. The average Bonchev–Trinajstić information content (AvgIpc) is 2.99. The third-order valence-corrected chi connectivity index (χ3v) is 5.16. The van der Waals surface area contributed by atoms with Crippen LogP contribution in [0.15, 0.2) is 17.5 Å². The number of nitrogens with one attached hydrogen (secondary N) is 2. The molecule has 1 atom stereocenters. The number of benzene rings is 1. The monoisotopic (exact) mass is 343 g/mol. The molecule has 0 radical (unpaired) electrons. The lowest BCUT2D eigenvalue weighted by atomic mass is 9.99. The molecule has 3 rings (SSSR count). The van der Waals surface area contributed by atoms with E-state index in [4.69, 9.17) is 0 Å². The van der Waals surface area contributed by atoms with Crippen LogP contribution < -0.4 is 10.6 Å². The van der Waals surface area contributed by atoms with Gasteiger partial charge in [-0.1, -0.05) is 6.07 Å². The SMILES string of the molecule is Cc1cc(C)c(-c2csc(NC(=O)[C@H]3CCCC(=O)N3)n2)cc1C. The quantitative estimate of drug-likeness (QED) is 0.898. The fourth-order valence-corrected chi connectivity index (χ4v) is 3.60. The summed E-state index contributed by atoms with van der Waals surface area (Å²) in [5.41, 5.74) is 5.59. The summed E-state index contributed by atoms with van der Waals surface area (Å²) in [6.07, 6.45) is 1.91. The number of rotatable bonds is 3. The van der Waals surface area contributed by atoms with Crippen LogP contribution in [-0.4, -0.2) is 22.8 Å². The highest BCUT2D eigenvalue weighted by Gasteiger charge is 2.25. The maximum atomic E-state index is 12.3. The van der Waals surface area contributed by atoms with Crippen molar-refractivity contribution >= 4 is 28.3 Å². The minimum Gasteiger partial charge on any atom is -0.344 e. The molecule has 1 aromatic heterocycles. The van der Waals surface area contributed by atoms with Gasteiger partial charge < -0.3 is 10.6 Å². The topological polar surface area (TPSA) is 71.1 Å². The third kappa shape index (κ3) is 3.48. The number of nitrogens with zero attached hydrogens (tertiary/aromatic N) is 1. The zero-order valence-corrected chi connectivity index (χ0v) is 14.9. The molecular weight excluding hydrogens is 322 g/mol. The first-order chi connectivity index (χ1) is 11.4. The van der Waals surface area contributed by atoms with E-state index >= 15 is 0 Å². The van der Waals surface area contributed by atoms with Crippen LogP contribution in [0.3, 0.4) is 0 Å². The number of carbonyl (C=O) groups excluding carboxylic acids is 2. The van der Waals surface area contributed by atoms with Gasteiger partial charge in [-0.05, 0) is 56.4 Å². The predicted octanol–water partition coefficient (Wildman–Crippen LogP) is 3.34. The zero-order valence-electron chi connectivity index (χ0n) is 14.1. The first-order valence-electron chi connectivity index (χ1n) is 8.08. The lowest BCUT2D eigenvalue weighted by Gasteiger charge is -2.21. The number of hydrogen-bond acceptors (Lipinski definition) is 4. The molecule has 1 fully saturated rings. The third-order valence-electron chi connectivity index (χ3n) is 4.40. The maximum absolute atomic E-state index is 12.3. The average molecular weight is 343 g/mol. The molecule has 24 heavy (non-hydrogen) atoms. The molecule has 1 aliphatic rings. The van der Waals surface area contributed by atoms with Gasteiger partial charge in [0.15, 0.2) is 5.13 Å². The van der Waals surface area contributed by atoms with Crippen LogP contribution in [0.2, 0.25) is 0 Å². The van der Waals surface area contributed by atoms with Crippen LogP contribution in [0.4, 0.5) is 5.13 Å². The molecule has 126 valence electrons. The van der Waals surface area contributed by atoms with Gasteiger partial charge in [0.2, 0.25) is 11.8 Å². The molecule has 0 unspecified atom stereocenters. The Balaban J connectivity index is 1.75. The van der Waals surface area contributed by atoms with E-state index in [0.717, 1.165) is 17.7 Å². The molecule has 2 heterocycles. The van der Waals surface area contributed by atoms with E-state index in [2.05, 4.69) is 48.5 Å². The minimum atomic E-state index is -0.457. The lowest BCUT2D eigenvalue weighted by Crippen LogP contribution is -2.46. The zero-order chi connectivity index (χ0) is 17.3. The molecule has 0 saturated carbocycles. The van der Waals surface area contributed by atoms with Gasteiger partial charge in [0.25, 0.3) is 0 Å². The molecule has 0 bridgehead atoms. The van der Waals surface area contributed by atoms with Gasteiger partial charge in [0.1, 0.15) is 6.04 Å². The molecule has 1 aromatic carbocycles. The predicted molar refractivity (Wildman–Crippen MR) is 96.2 cm³/mol. The summed E-state index contributed by atoms with van der Waals surface area (Å²) in [7, 11) is 0. The minimum absolute atomic E-state index is 0.0630. The van der Waals surface area contributed by atoms with Crippen LogP contribution >= 0.6 is 11.3 Å². The van der Waals surface area contributed by atoms with Gasteiger partial charge in [0, 0.05) is 17.4 Å². The number of hydrogen-bond donors (Lipinski definition) is 2. The Bertz CT molecular complexity index is 798. The van der Waals surface area contributed by atoms with E-state index in [1.54, 1.807) is 0 Å².